The Morgan fingerprint density at radius 2 is 1.76 bits per heavy atom. The summed E-state index contributed by atoms with van der Waals surface area (Å²) in [6.45, 7) is 4.78. The molecule has 1 amide bonds. The molecule has 1 heterocycles. The molecule has 0 saturated carbocycles. The predicted molar refractivity (Wildman–Crippen MR) is 108 cm³/mol. The molecule has 0 radical (unpaired) electrons. The molecule has 3 aromatic rings. The minimum absolute atomic E-state index is 0.0566. The third kappa shape index (κ3) is 4.78. The third-order valence-electron chi connectivity index (χ3n) is 3.84. The largest absolute Gasteiger partial charge is 0.496 e. The zero-order valence-electron chi connectivity index (χ0n) is 16.2. The third-order valence-corrected chi connectivity index (χ3v) is 4.08. The fourth-order valence-corrected chi connectivity index (χ4v) is 2.77. The van der Waals surface area contributed by atoms with Crippen LogP contribution in [0.2, 0.25) is 5.02 Å². The van der Waals surface area contributed by atoms with Gasteiger partial charge < -0.3 is 18.6 Å². The van der Waals surface area contributed by atoms with Crippen LogP contribution in [-0.4, -0.2) is 36.4 Å². The van der Waals surface area contributed by atoms with E-state index in [2.05, 4.69) is 15.5 Å². The molecule has 1 aromatic heterocycles. The molecule has 8 nitrogen and oxygen atoms in total. The van der Waals surface area contributed by atoms with E-state index in [1.165, 1.54) is 13.2 Å². The van der Waals surface area contributed by atoms with Gasteiger partial charge in [-0.05, 0) is 50.2 Å². The van der Waals surface area contributed by atoms with Crippen molar-refractivity contribution in [2.75, 3.05) is 25.6 Å². The molecular formula is C20H20ClN3O5. The molecule has 2 aromatic carbocycles. The second-order valence-corrected chi connectivity index (χ2v) is 6.18. The highest BCUT2D eigenvalue weighted by Crippen LogP contribution is 2.33. The number of nitrogens with one attached hydrogen (secondary N) is 1. The zero-order chi connectivity index (χ0) is 20.8. The Bertz CT molecular complexity index is 1010. The molecule has 1 N–H and O–H groups in total. The number of aromatic nitrogens is 2. The molecule has 29 heavy (non-hydrogen) atoms. The molecule has 0 atom stereocenters. The molecule has 9 heteroatoms. The van der Waals surface area contributed by atoms with Gasteiger partial charge in [0.15, 0.2) is 11.5 Å². The number of hydrogen-bond donors (Lipinski definition) is 1. The van der Waals surface area contributed by atoms with Crippen molar-refractivity contribution in [1.82, 2.24) is 10.2 Å². The Balaban J connectivity index is 1.81. The van der Waals surface area contributed by atoms with Gasteiger partial charge in [0, 0.05) is 10.6 Å². The smallest absolute Gasteiger partial charge is 0.322 e. The van der Waals surface area contributed by atoms with Crippen LogP contribution < -0.4 is 19.5 Å². The molecule has 0 aliphatic carbocycles. The van der Waals surface area contributed by atoms with E-state index in [4.69, 9.17) is 30.2 Å². The minimum atomic E-state index is -0.485. The van der Waals surface area contributed by atoms with E-state index in [0.29, 0.717) is 41.0 Å². The number of hydrogen-bond acceptors (Lipinski definition) is 7. The lowest BCUT2D eigenvalue weighted by Crippen LogP contribution is -2.13. The lowest BCUT2D eigenvalue weighted by molar-refractivity contribution is 0.102. The SMILES string of the molecule is CCOc1ccc(-c2nnc(NC(=O)c3cc(Cl)ccc3OC)o2)cc1OCC. The summed E-state index contributed by atoms with van der Waals surface area (Å²) in [4.78, 5) is 12.5. The molecule has 0 spiro atoms. The number of benzene rings is 2. The summed E-state index contributed by atoms with van der Waals surface area (Å²) in [6, 6.07) is 9.95. The summed E-state index contributed by atoms with van der Waals surface area (Å²) < 4.78 is 21.9. The van der Waals surface area contributed by atoms with Crippen LogP contribution in [0, 0.1) is 0 Å². The van der Waals surface area contributed by atoms with Crippen molar-refractivity contribution in [1.29, 1.82) is 0 Å². The lowest BCUT2D eigenvalue weighted by atomic mass is 10.2. The van der Waals surface area contributed by atoms with Crippen LogP contribution in [0.25, 0.3) is 11.5 Å². The first kappa shape index (κ1) is 20.5. The lowest BCUT2D eigenvalue weighted by Gasteiger charge is -2.11. The average Bonchev–Trinajstić information content (AvgIpc) is 3.18. The Morgan fingerprint density at radius 1 is 1.03 bits per heavy atom. The van der Waals surface area contributed by atoms with Crippen molar-refractivity contribution in [2.24, 2.45) is 0 Å². The summed E-state index contributed by atoms with van der Waals surface area (Å²) in [5.74, 6) is 1.31. The van der Waals surface area contributed by atoms with E-state index >= 15 is 0 Å². The van der Waals surface area contributed by atoms with Gasteiger partial charge in [-0.1, -0.05) is 16.7 Å². The number of methoxy groups -OCH3 is 1. The predicted octanol–water partition coefficient (Wildman–Crippen LogP) is 4.45. The maximum Gasteiger partial charge on any atom is 0.322 e. The summed E-state index contributed by atoms with van der Waals surface area (Å²) in [7, 11) is 1.46. The number of nitrogens with zero attached hydrogens (tertiary/aromatic N) is 2. The maximum absolute atomic E-state index is 12.5. The highest BCUT2D eigenvalue weighted by Gasteiger charge is 2.18. The molecule has 3 rings (SSSR count). The second kappa shape index (κ2) is 9.29. The van der Waals surface area contributed by atoms with Gasteiger partial charge in [0.05, 0.1) is 25.9 Å². The van der Waals surface area contributed by atoms with E-state index in [1.54, 1.807) is 30.3 Å². The summed E-state index contributed by atoms with van der Waals surface area (Å²) in [5, 5.41) is 10.8. The van der Waals surface area contributed by atoms with Crippen LogP contribution in [0.1, 0.15) is 24.2 Å². The first-order chi connectivity index (χ1) is 14.0. The van der Waals surface area contributed by atoms with E-state index in [-0.39, 0.29) is 17.5 Å². The standard InChI is InChI=1S/C20H20ClN3O5/c1-4-27-16-8-6-12(10-17(16)28-5-2)19-23-24-20(29-19)22-18(25)14-11-13(21)7-9-15(14)26-3/h6-11H,4-5H2,1-3H3,(H,22,24,25). The number of amides is 1. The quantitative estimate of drug-likeness (QED) is 0.578. The molecule has 0 aliphatic rings. The van der Waals surface area contributed by atoms with Gasteiger partial charge in [-0.15, -0.1) is 5.10 Å². The molecule has 0 fully saturated rings. The number of anilines is 1. The van der Waals surface area contributed by atoms with E-state index in [9.17, 15) is 4.79 Å². The van der Waals surface area contributed by atoms with Gasteiger partial charge in [-0.2, -0.15) is 0 Å². The van der Waals surface area contributed by atoms with Gasteiger partial charge in [0.25, 0.3) is 5.91 Å². The highest BCUT2D eigenvalue weighted by atomic mass is 35.5. The van der Waals surface area contributed by atoms with Gasteiger partial charge in [-0.3, -0.25) is 10.1 Å². The first-order valence-electron chi connectivity index (χ1n) is 8.94. The molecule has 0 saturated heterocycles. The van der Waals surface area contributed by atoms with E-state index < -0.39 is 5.91 Å². The Morgan fingerprint density at radius 3 is 2.48 bits per heavy atom. The van der Waals surface area contributed by atoms with Crippen LogP contribution in [0.4, 0.5) is 6.01 Å². The topological polar surface area (TPSA) is 95.7 Å². The van der Waals surface area contributed by atoms with Crippen LogP contribution in [0.5, 0.6) is 17.2 Å². The van der Waals surface area contributed by atoms with Crippen molar-refractivity contribution >= 4 is 23.5 Å². The Labute approximate surface area is 172 Å². The zero-order valence-corrected chi connectivity index (χ0v) is 16.9. The number of halogens is 1. The van der Waals surface area contributed by atoms with Crippen molar-refractivity contribution in [2.45, 2.75) is 13.8 Å². The van der Waals surface area contributed by atoms with E-state index in [0.717, 1.165) is 0 Å². The summed E-state index contributed by atoms with van der Waals surface area (Å²) >= 11 is 5.97. The van der Waals surface area contributed by atoms with Gasteiger partial charge in [0.1, 0.15) is 5.75 Å². The molecule has 0 aliphatic heterocycles. The monoisotopic (exact) mass is 417 g/mol. The number of rotatable bonds is 8. The van der Waals surface area contributed by atoms with Crippen LogP contribution in [0.3, 0.4) is 0 Å². The Hall–Kier alpha value is -3.26. The van der Waals surface area contributed by atoms with Crippen LogP contribution in [-0.2, 0) is 0 Å². The Kier molecular flexibility index (Phi) is 6.56. The summed E-state index contributed by atoms with van der Waals surface area (Å²) in [5.41, 5.74) is 0.879. The van der Waals surface area contributed by atoms with Crippen molar-refractivity contribution in [3.63, 3.8) is 0 Å². The van der Waals surface area contributed by atoms with Crippen LogP contribution in [0.15, 0.2) is 40.8 Å². The number of carbonyl (C=O) groups excluding carboxylic acids is 1. The van der Waals surface area contributed by atoms with Crippen molar-refractivity contribution in [3.05, 3.63) is 47.0 Å². The normalized spacial score (nSPS) is 10.5. The van der Waals surface area contributed by atoms with Crippen molar-refractivity contribution in [3.8, 4) is 28.7 Å². The van der Waals surface area contributed by atoms with Gasteiger partial charge in [-0.25, -0.2) is 0 Å². The molecule has 0 bridgehead atoms. The maximum atomic E-state index is 12.5. The number of ether oxygens (including phenoxy) is 3. The highest BCUT2D eigenvalue weighted by molar-refractivity contribution is 6.31. The molecule has 0 unspecified atom stereocenters. The first-order valence-corrected chi connectivity index (χ1v) is 9.31. The summed E-state index contributed by atoms with van der Waals surface area (Å²) in [6.07, 6.45) is 0. The fraction of sp³-hybridized carbons (Fsp3) is 0.250. The average molecular weight is 418 g/mol. The van der Waals surface area contributed by atoms with Gasteiger partial charge in [0.2, 0.25) is 5.89 Å². The van der Waals surface area contributed by atoms with E-state index in [1.807, 2.05) is 13.8 Å². The molecular weight excluding hydrogens is 398 g/mol. The number of carbonyl (C=O) groups is 1. The van der Waals surface area contributed by atoms with Crippen molar-refractivity contribution < 1.29 is 23.4 Å². The fourth-order valence-electron chi connectivity index (χ4n) is 2.60. The van der Waals surface area contributed by atoms with Gasteiger partial charge >= 0.3 is 6.01 Å². The molecule has 152 valence electrons. The van der Waals surface area contributed by atoms with Crippen LogP contribution >= 0.6 is 11.6 Å². The minimum Gasteiger partial charge on any atom is -0.496 e. The second-order valence-electron chi connectivity index (χ2n) is 5.74.